The van der Waals surface area contributed by atoms with Gasteiger partial charge in [0.05, 0.1) is 11.6 Å². The average Bonchev–Trinajstić information content (AvgIpc) is 2.32. The Kier molecular flexibility index (Phi) is 2.70. The molecule has 16 heavy (non-hydrogen) atoms. The second-order valence-electron chi connectivity index (χ2n) is 3.62. The summed E-state index contributed by atoms with van der Waals surface area (Å²) in [5, 5.41) is 9.00. The molecular weight excluding hydrogens is 201 g/mol. The summed E-state index contributed by atoms with van der Waals surface area (Å²) in [6.07, 6.45) is 0. The van der Waals surface area contributed by atoms with E-state index in [0.717, 1.165) is 16.7 Å². The van der Waals surface area contributed by atoms with Crippen molar-refractivity contribution in [3.8, 4) is 17.2 Å². The first kappa shape index (κ1) is 10.4. The molecule has 0 radical (unpaired) electrons. The second-order valence-corrected chi connectivity index (χ2v) is 3.62. The smallest absolute Gasteiger partial charge is 0.123 e. The number of hydrogen-bond donors (Lipinski definition) is 0. The van der Waals surface area contributed by atoms with Gasteiger partial charge in [0.25, 0.3) is 0 Å². The number of hydrogen-bond acceptors (Lipinski definition) is 1. The number of halogens is 1. The normalized spacial score (nSPS) is 9.81. The SMILES string of the molecule is Cc1ccc(F)cc1-c1ccccc1C#N. The van der Waals surface area contributed by atoms with Crippen molar-refractivity contribution < 1.29 is 4.39 Å². The van der Waals surface area contributed by atoms with Gasteiger partial charge in [0.1, 0.15) is 5.82 Å². The largest absolute Gasteiger partial charge is 0.207 e. The van der Waals surface area contributed by atoms with Gasteiger partial charge in [0.15, 0.2) is 0 Å². The van der Waals surface area contributed by atoms with E-state index in [1.165, 1.54) is 12.1 Å². The molecule has 0 unspecified atom stereocenters. The van der Waals surface area contributed by atoms with Gasteiger partial charge in [-0.2, -0.15) is 5.26 Å². The van der Waals surface area contributed by atoms with Crippen LogP contribution in [0.25, 0.3) is 11.1 Å². The molecule has 2 heteroatoms. The van der Waals surface area contributed by atoms with Crippen molar-refractivity contribution in [1.29, 1.82) is 5.26 Å². The Morgan fingerprint density at radius 3 is 2.56 bits per heavy atom. The molecule has 0 aromatic heterocycles. The van der Waals surface area contributed by atoms with Gasteiger partial charge in [-0.3, -0.25) is 0 Å². The Labute approximate surface area is 93.8 Å². The van der Waals surface area contributed by atoms with Crippen molar-refractivity contribution in [2.24, 2.45) is 0 Å². The summed E-state index contributed by atoms with van der Waals surface area (Å²) in [6.45, 7) is 1.91. The monoisotopic (exact) mass is 211 g/mol. The summed E-state index contributed by atoms with van der Waals surface area (Å²) in [4.78, 5) is 0. The zero-order valence-corrected chi connectivity index (χ0v) is 8.87. The van der Waals surface area contributed by atoms with Crippen LogP contribution in [-0.4, -0.2) is 0 Å². The summed E-state index contributed by atoms with van der Waals surface area (Å²) in [5.74, 6) is -0.284. The van der Waals surface area contributed by atoms with Crippen LogP contribution in [0, 0.1) is 24.1 Å². The molecule has 0 bridgehead atoms. The van der Waals surface area contributed by atoms with E-state index in [1.807, 2.05) is 19.1 Å². The van der Waals surface area contributed by atoms with Crippen molar-refractivity contribution in [1.82, 2.24) is 0 Å². The average molecular weight is 211 g/mol. The third-order valence-corrected chi connectivity index (χ3v) is 2.54. The molecule has 2 rings (SSSR count). The highest BCUT2D eigenvalue weighted by Crippen LogP contribution is 2.26. The van der Waals surface area contributed by atoms with E-state index in [9.17, 15) is 4.39 Å². The molecule has 0 atom stereocenters. The lowest BCUT2D eigenvalue weighted by atomic mass is 9.96. The van der Waals surface area contributed by atoms with E-state index in [2.05, 4.69) is 6.07 Å². The van der Waals surface area contributed by atoms with Gasteiger partial charge in [-0.1, -0.05) is 24.3 Å². The summed E-state index contributed by atoms with van der Waals surface area (Å²) in [6, 6.07) is 13.9. The van der Waals surface area contributed by atoms with E-state index < -0.39 is 0 Å². The summed E-state index contributed by atoms with van der Waals surface area (Å²) in [7, 11) is 0. The first-order valence-electron chi connectivity index (χ1n) is 4.98. The summed E-state index contributed by atoms with van der Waals surface area (Å²) >= 11 is 0. The molecule has 0 heterocycles. The van der Waals surface area contributed by atoms with Gasteiger partial charge in [-0.25, -0.2) is 4.39 Å². The highest BCUT2D eigenvalue weighted by molar-refractivity contribution is 5.73. The third kappa shape index (κ3) is 1.80. The van der Waals surface area contributed by atoms with Crippen LogP contribution in [0.5, 0.6) is 0 Å². The highest BCUT2D eigenvalue weighted by atomic mass is 19.1. The van der Waals surface area contributed by atoms with E-state index in [-0.39, 0.29) is 5.82 Å². The maximum Gasteiger partial charge on any atom is 0.123 e. The minimum Gasteiger partial charge on any atom is -0.207 e. The van der Waals surface area contributed by atoms with E-state index in [1.54, 1.807) is 18.2 Å². The highest BCUT2D eigenvalue weighted by Gasteiger charge is 2.07. The van der Waals surface area contributed by atoms with Crippen molar-refractivity contribution >= 4 is 0 Å². The number of nitriles is 1. The van der Waals surface area contributed by atoms with Gasteiger partial charge in [-0.15, -0.1) is 0 Å². The molecule has 0 aliphatic heterocycles. The van der Waals surface area contributed by atoms with Crippen LogP contribution in [0.1, 0.15) is 11.1 Å². The molecular formula is C14H10FN. The zero-order chi connectivity index (χ0) is 11.5. The van der Waals surface area contributed by atoms with Crippen molar-refractivity contribution in [3.05, 3.63) is 59.4 Å². The molecule has 1 nitrogen and oxygen atoms in total. The molecule has 2 aromatic rings. The van der Waals surface area contributed by atoms with Gasteiger partial charge in [0.2, 0.25) is 0 Å². The summed E-state index contributed by atoms with van der Waals surface area (Å²) in [5.41, 5.74) is 3.08. The van der Waals surface area contributed by atoms with Crippen molar-refractivity contribution in [2.45, 2.75) is 6.92 Å². The van der Waals surface area contributed by atoms with Crippen molar-refractivity contribution in [3.63, 3.8) is 0 Å². The van der Waals surface area contributed by atoms with Crippen LogP contribution in [-0.2, 0) is 0 Å². The summed E-state index contributed by atoms with van der Waals surface area (Å²) < 4.78 is 13.2. The number of rotatable bonds is 1. The Bertz CT molecular complexity index is 567. The predicted octanol–water partition coefficient (Wildman–Crippen LogP) is 3.67. The Morgan fingerprint density at radius 1 is 1.06 bits per heavy atom. The fraction of sp³-hybridized carbons (Fsp3) is 0.0714. The standard InChI is InChI=1S/C14H10FN/c1-10-6-7-12(15)8-14(10)13-5-3-2-4-11(13)9-16/h2-8H,1H3. The number of nitrogens with zero attached hydrogens (tertiary/aromatic N) is 1. The van der Waals surface area contributed by atoms with Crippen LogP contribution >= 0.6 is 0 Å². The van der Waals surface area contributed by atoms with Gasteiger partial charge in [-0.05, 0) is 41.8 Å². The Hall–Kier alpha value is -2.14. The van der Waals surface area contributed by atoms with Crippen LogP contribution < -0.4 is 0 Å². The van der Waals surface area contributed by atoms with Crippen LogP contribution in [0.3, 0.4) is 0 Å². The lowest BCUT2D eigenvalue weighted by Crippen LogP contribution is -1.88. The molecule has 0 aliphatic rings. The number of aryl methyl sites for hydroxylation is 1. The molecule has 0 saturated carbocycles. The Balaban J connectivity index is 2.68. The fourth-order valence-electron chi connectivity index (χ4n) is 1.70. The minimum atomic E-state index is -0.284. The minimum absolute atomic E-state index is 0.284. The molecule has 0 saturated heterocycles. The van der Waals surface area contributed by atoms with E-state index in [4.69, 9.17) is 5.26 Å². The fourth-order valence-corrected chi connectivity index (χ4v) is 1.70. The van der Waals surface area contributed by atoms with Gasteiger partial charge < -0.3 is 0 Å². The first-order valence-corrected chi connectivity index (χ1v) is 4.98. The molecule has 0 aliphatic carbocycles. The molecule has 0 fully saturated rings. The van der Waals surface area contributed by atoms with Gasteiger partial charge >= 0.3 is 0 Å². The van der Waals surface area contributed by atoms with Crippen LogP contribution in [0.2, 0.25) is 0 Å². The quantitative estimate of drug-likeness (QED) is 0.706. The predicted molar refractivity (Wildman–Crippen MR) is 61.3 cm³/mol. The van der Waals surface area contributed by atoms with E-state index in [0.29, 0.717) is 5.56 Å². The maximum absolute atomic E-state index is 13.2. The van der Waals surface area contributed by atoms with Gasteiger partial charge in [0, 0.05) is 0 Å². The molecule has 0 N–H and O–H groups in total. The lowest BCUT2D eigenvalue weighted by Gasteiger charge is -2.07. The molecule has 78 valence electrons. The van der Waals surface area contributed by atoms with Crippen LogP contribution in [0.4, 0.5) is 4.39 Å². The van der Waals surface area contributed by atoms with E-state index >= 15 is 0 Å². The van der Waals surface area contributed by atoms with Crippen LogP contribution in [0.15, 0.2) is 42.5 Å². The number of benzene rings is 2. The third-order valence-electron chi connectivity index (χ3n) is 2.54. The molecule has 0 amide bonds. The van der Waals surface area contributed by atoms with Crippen molar-refractivity contribution in [2.75, 3.05) is 0 Å². The molecule has 2 aromatic carbocycles. The maximum atomic E-state index is 13.2. The molecule has 0 spiro atoms. The zero-order valence-electron chi connectivity index (χ0n) is 8.87. The first-order chi connectivity index (χ1) is 7.72. The lowest BCUT2D eigenvalue weighted by molar-refractivity contribution is 0.628. The topological polar surface area (TPSA) is 23.8 Å². The second kappa shape index (κ2) is 4.16. The Morgan fingerprint density at radius 2 is 1.81 bits per heavy atom.